The van der Waals surface area contributed by atoms with Crippen LogP contribution in [0.1, 0.15) is 35.3 Å². The molecular weight excluding hydrogens is 361 g/mol. The van der Waals surface area contributed by atoms with E-state index in [9.17, 15) is 14.3 Å². The van der Waals surface area contributed by atoms with Gasteiger partial charge < -0.3 is 14.9 Å². The number of nitrogens with zero attached hydrogens (tertiary/aromatic N) is 5. The number of amides is 1. The summed E-state index contributed by atoms with van der Waals surface area (Å²) in [7, 11) is 1.81. The smallest absolute Gasteiger partial charge is 0.257 e. The summed E-state index contributed by atoms with van der Waals surface area (Å²) in [5, 5.41) is 15.0. The van der Waals surface area contributed by atoms with Gasteiger partial charge in [-0.25, -0.2) is 9.37 Å². The molecule has 1 N–H and O–H groups in total. The number of aliphatic hydroxyl groups is 1. The number of halogens is 1. The molecule has 0 saturated carbocycles. The highest BCUT2D eigenvalue weighted by molar-refractivity contribution is 5.95. The van der Waals surface area contributed by atoms with Crippen molar-refractivity contribution in [1.82, 2.24) is 19.7 Å². The Labute approximate surface area is 163 Å². The molecular formula is C20H26FN5O2. The Bertz CT molecular complexity index is 885. The van der Waals surface area contributed by atoms with Gasteiger partial charge in [-0.05, 0) is 38.3 Å². The quantitative estimate of drug-likeness (QED) is 0.850. The molecule has 0 bridgehead atoms. The van der Waals surface area contributed by atoms with Crippen molar-refractivity contribution in [2.75, 3.05) is 31.1 Å². The second-order valence-corrected chi connectivity index (χ2v) is 7.99. The van der Waals surface area contributed by atoms with Gasteiger partial charge in [-0.3, -0.25) is 9.48 Å². The third-order valence-electron chi connectivity index (χ3n) is 6.28. The van der Waals surface area contributed by atoms with E-state index < -0.39 is 11.5 Å². The van der Waals surface area contributed by atoms with Gasteiger partial charge in [-0.2, -0.15) is 5.10 Å². The van der Waals surface area contributed by atoms with Crippen molar-refractivity contribution in [2.24, 2.45) is 12.5 Å². The summed E-state index contributed by atoms with van der Waals surface area (Å²) in [5.41, 5.74) is 0.940. The molecule has 4 rings (SSSR count). The normalized spacial score (nSPS) is 25.4. The van der Waals surface area contributed by atoms with Crippen molar-refractivity contribution < 1.29 is 14.3 Å². The molecule has 2 aliphatic rings. The van der Waals surface area contributed by atoms with Gasteiger partial charge in [-0.1, -0.05) is 0 Å². The number of hydrogen-bond donors (Lipinski definition) is 1. The summed E-state index contributed by atoms with van der Waals surface area (Å²) in [5.74, 6) is -0.0953. The lowest BCUT2D eigenvalue weighted by atomic mass is 9.71. The number of aliphatic hydroxyl groups excluding tert-OH is 1. The zero-order valence-corrected chi connectivity index (χ0v) is 16.3. The minimum absolute atomic E-state index is 0.0574. The molecule has 2 aliphatic heterocycles. The van der Waals surface area contributed by atoms with E-state index in [1.807, 2.05) is 23.8 Å². The molecule has 150 valence electrons. The molecule has 4 heterocycles. The predicted molar refractivity (Wildman–Crippen MR) is 103 cm³/mol. The Morgan fingerprint density at radius 2 is 2.18 bits per heavy atom. The van der Waals surface area contributed by atoms with Crippen LogP contribution in [0.25, 0.3) is 0 Å². The van der Waals surface area contributed by atoms with Gasteiger partial charge in [0.2, 0.25) is 0 Å². The molecule has 2 aromatic heterocycles. The van der Waals surface area contributed by atoms with E-state index in [1.165, 1.54) is 6.07 Å². The summed E-state index contributed by atoms with van der Waals surface area (Å²) in [6.45, 7) is 4.01. The first-order valence-electron chi connectivity index (χ1n) is 9.73. The van der Waals surface area contributed by atoms with Crippen LogP contribution < -0.4 is 4.90 Å². The number of aryl methyl sites for hydroxylation is 1. The second-order valence-electron chi connectivity index (χ2n) is 7.99. The van der Waals surface area contributed by atoms with Crippen molar-refractivity contribution in [3.63, 3.8) is 0 Å². The van der Waals surface area contributed by atoms with Gasteiger partial charge in [0.15, 0.2) is 11.6 Å². The van der Waals surface area contributed by atoms with Crippen LogP contribution in [0.3, 0.4) is 0 Å². The number of hydrogen-bond acceptors (Lipinski definition) is 5. The van der Waals surface area contributed by atoms with E-state index in [2.05, 4.69) is 10.1 Å². The summed E-state index contributed by atoms with van der Waals surface area (Å²) in [6.07, 6.45) is 4.80. The molecule has 2 aromatic rings. The maximum atomic E-state index is 14.3. The topological polar surface area (TPSA) is 74.5 Å². The van der Waals surface area contributed by atoms with Gasteiger partial charge in [0, 0.05) is 50.5 Å². The Kier molecular flexibility index (Phi) is 4.82. The highest BCUT2D eigenvalue weighted by atomic mass is 19.1. The van der Waals surface area contributed by atoms with Crippen molar-refractivity contribution in [3.05, 3.63) is 41.6 Å². The van der Waals surface area contributed by atoms with E-state index >= 15 is 0 Å². The molecule has 28 heavy (non-hydrogen) atoms. The number of anilines is 1. The number of pyridine rings is 1. The van der Waals surface area contributed by atoms with Gasteiger partial charge >= 0.3 is 0 Å². The third kappa shape index (κ3) is 3.15. The first-order chi connectivity index (χ1) is 13.4. The fraction of sp³-hybridized carbons (Fsp3) is 0.550. The zero-order valence-electron chi connectivity index (χ0n) is 16.3. The largest absolute Gasteiger partial charge is 0.392 e. The zero-order chi connectivity index (χ0) is 19.9. The van der Waals surface area contributed by atoms with Gasteiger partial charge in [0.05, 0.1) is 17.9 Å². The van der Waals surface area contributed by atoms with Crippen molar-refractivity contribution in [2.45, 2.75) is 32.3 Å². The summed E-state index contributed by atoms with van der Waals surface area (Å²) >= 11 is 0. The SMILES string of the molecule is Cc1c(C(=O)N2CCC[C@]3(C2)CN(c2ncccc2F)CC[C@H]3O)cnn1C. The fourth-order valence-electron chi connectivity index (χ4n) is 4.55. The molecule has 2 saturated heterocycles. The molecule has 8 heteroatoms. The Hall–Kier alpha value is -2.48. The Balaban J connectivity index is 1.58. The van der Waals surface area contributed by atoms with Crippen LogP contribution in [0.4, 0.5) is 10.2 Å². The highest BCUT2D eigenvalue weighted by Crippen LogP contribution is 2.40. The van der Waals surface area contributed by atoms with E-state index in [0.29, 0.717) is 44.0 Å². The molecule has 0 aliphatic carbocycles. The van der Waals surface area contributed by atoms with Crippen molar-refractivity contribution in [1.29, 1.82) is 0 Å². The van der Waals surface area contributed by atoms with Crippen LogP contribution >= 0.6 is 0 Å². The Morgan fingerprint density at radius 1 is 1.36 bits per heavy atom. The number of likely N-dealkylation sites (tertiary alicyclic amines) is 1. The molecule has 0 aromatic carbocycles. The van der Waals surface area contributed by atoms with Crippen LogP contribution in [-0.2, 0) is 7.05 Å². The first-order valence-corrected chi connectivity index (χ1v) is 9.73. The van der Waals surface area contributed by atoms with Crippen LogP contribution in [0, 0.1) is 18.2 Å². The van der Waals surface area contributed by atoms with Crippen LogP contribution in [0.15, 0.2) is 24.5 Å². The van der Waals surface area contributed by atoms with Crippen molar-refractivity contribution in [3.8, 4) is 0 Å². The number of carbonyl (C=O) groups excluding carboxylic acids is 1. The van der Waals surface area contributed by atoms with Gasteiger partial charge in [0.1, 0.15) is 0 Å². The van der Waals surface area contributed by atoms with Gasteiger partial charge in [-0.15, -0.1) is 0 Å². The van der Waals surface area contributed by atoms with E-state index in [-0.39, 0.29) is 11.7 Å². The summed E-state index contributed by atoms with van der Waals surface area (Å²) in [6, 6.07) is 2.98. The monoisotopic (exact) mass is 387 g/mol. The molecule has 0 radical (unpaired) electrons. The predicted octanol–water partition coefficient (Wildman–Crippen LogP) is 1.76. The average molecular weight is 387 g/mol. The first kappa shape index (κ1) is 18.9. The van der Waals surface area contributed by atoms with Gasteiger partial charge in [0.25, 0.3) is 5.91 Å². The molecule has 7 nitrogen and oxygen atoms in total. The summed E-state index contributed by atoms with van der Waals surface area (Å²) < 4.78 is 15.9. The van der Waals surface area contributed by atoms with Crippen LogP contribution in [-0.4, -0.2) is 63.0 Å². The van der Waals surface area contributed by atoms with Crippen molar-refractivity contribution >= 4 is 11.7 Å². The number of rotatable bonds is 2. The van der Waals surface area contributed by atoms with Crippen LogP contribution in [0.5, 0.6) is 0 Å². The molecule has 2 fully saturated rings. The lowest BCUT2D eigenvalue weighted by molar-refractivity contribution is -0.0363. The fourth-order valence-corrected chi connectivity index (χ4v) is 4.55. The molecule has 1 spiro atoms. The van der Waals surface area contributed by atoms with E-state index in [1.54, 1.807) is 23.1 Å². The van der Waals surface area contributed by atoms with Crippen LogP contribution in [0.2, 0.25) is 0 Å². The minimum Gasteiger partial charge on any atom is -0.392 e. The Morgan fingerprint density at radius 3 is 2.89 bits per heavy atom. The molecule has 0 unspecified atom stereocenters. The van der Waals surface area contributed by atoms with E-state index in [0.717, 1.165) is 18.5 Å². The molecule has 1 amide bonds. The van der Waals surface area contributed by atoms with E-state index in [4.69, 9.17) is 0 Å². The summed E-state index contributed by atoms with van der Waals surface area (Å²) in [4.78, 5) is 21.0. The standard InChI is InChI=1S/C20H26FN5O2/c1-14-15(11-23-24(14)2)19(28)26-9-4-7-20(13-26)12-25(10-6-17(20)27)18-16(21)5-3-8-22-18/h3,5,8,11,17,27H,4,6-7,9-10,12-13H2,1-2H3/t17-,20-/m1/s1. The number of aromatic nitrogens is 3. The minimum atomic E-state index is -0.527. The maximum absolute atomic E-state index is 14.3. The maximum Gasteiger partial charge on any atom is 0.257 e. The number of piperidine rings is 2. The second kappa shape index (κ2) is 7.16. The highest BCUT2D eigenvalue weighted by Gasteiger charge is 2.47. The molecule has 2 atom stereocenters. The average Bonchev–Trinajstić information content (AvgIpc) is 3.03. The third-order valence-corrected chi connectivity index (χ3v) is 6.28. The number of carbonyl (C=O) groups is 1. The lowest BCUT2D eigenvalue weighted by Crippen LogP contribution is -2.60. The lowest BCUT2D eigenvalue weighted by Gasteiger charge is -2.51.